The van der Waals surface area contributed by atoms with Gasteiger partial charge in [-0.15, -0.1) is 0 Å². The molecule has 0 saturated carbocycles. The number of imidazole rings is 1. The number of esters is 1. The molecular weight excluding hydrogens is 426 g/mol. The Labute approximate surface area is 199 Å². The zero-order valence-corrected chi connectivity index (χ0v) is 19.4. The Hall–Kier alpha value is -3.95. The number of aryl methyl sites for hydroxylation is 1. The first-order valence-corrected chi connectivity index (χ1v) is 11.4. The van der Waals surface area contributed by atoms with Crippen molar-refractivity contribution in [3.05, 3.63) is 88.7 Å². The van der Waals surface area contributed by atoms with Gasteiger partial charge in [-0.05, 0) is 46.9 Å². The number of nitrogens with zero attached hydrogens (tertiary/aromatic N) is 3. The summed E-state index contributed by atoms with van der Waals surface area (Å²) in [7, 11) is 1.38. The number of unbranched alkanes of at least 4 members (excludes halogenated alkanes) is 1. The quantitative estimate of drug-likeness (QED) is 0.368. The first-order valence-electron chi connectivity index (χ1n) is 11.4. The Morgan fingerprint density at radius 2 is 1.94 bits per heavy atom. The summed E-state index contributed by atoms with van der Waals surface area (Å²) in [5, 5.41) is 19.6. The molecule has 3 aromatic carbocycles. The molecule has 172 valence electrons. The van der Waals surface area contributed by atoms with Crippen LogP contribution in [0.5, 0.6) is 0 Å². The predicted molar refractivity (Wildman–Crippen MR) is 131 cm³/mol. The van der Waals surface area contributed by atoms with Gasteiger partial charge in [0.15, 0.2) is 0 Å². The third-order valence-electron chi connectivity index (χ3n) is 6.02. The number of carbonyl (C=O) groups is 1. The number of aliphatic hydroxyl groups excluding tert-OH is 1. The average molecular weight is 454 g/mol. The molecule has 0 bridgehead atoms. The highest BCUT2D eigenvalue weighted by molar-refractivity contribution is 6.02. The van der Waals surface area contributed by atoms with Crippen LogP contribution in [0, 0.1) is 11.3 Å². The fourth-order valence-electron chi connectivity index (χ4n) is 4.34. The number of hydrogen-bond acceptors (Lipinski definition) is 5. The Morgan fingerprint density at radius 3 is 2.68 bits per heavy atom. The maximum Gasteiger partial charge on any atom is 0.340 e. The summed E-state index contributed by atoms with van der Waals surface area (Å²) in [5.41, 5.74) is 5.91. The lowest BCUT2D eigenvalue weighted by atomic mass is 9.94. The monoisotopic (exact) mass is 453 g/mol. The zero-order chi connectivity index (χ0) is 24.1. The molecule has 1 heterocycles. The van der Waals surface area contributed by atoms with Crippen LogP contribution in [-0.4, -0.2) is 27.7 Å². The number of ether oxygens (including phenoxy) is 1. The molecule has 0 spiro atoms. The minimum Gasteiger partial charge on any atom is -0.465 e. The van der Waals surface area contributed by atoms with E-state index in [0.717, 1.165) is 58.4 Å². The number of fused-ring (bicyclic) bond motifs is 1. The fourth-order valence-corrected chi connectivity index (χ4v) is 4.34. The van der Waals surface area contributed by atoms with Gasteiger partial charge in [0.05, 0.1) is 41.9 Å². The van der Waals surface area contributed by atoms with E-state index in [0.29, 0.717) is 17.7 Å². The Morgan fingerprint density at radius 1 is 1.12 bits per heavy atom. The van der Waals surface area contributed by atoms with Gasteiger partial charge in [0.25, 0.3) is 0 Å². The van der Waals surface area contributed by atoms with Crippen LogP contribution >= 0.6 is 0 Å². The van der Waals surface area contributed by atoms with Gasteiger partial charge >= 0.3 is 5.97 Å². The molecule has 0 amide bonds. The number of carbonyl (C=O) groups excluding carboxylic acids is 1. The van der Waals surface area contributed by atoms with Crippen molar-refractivity contribution >= 4 is 17.0 Å². The van der Waals surface area contributed by atoms with E-state index in [1.54, 1.807) is 12.1 Å². The highest BCUT2D eigenvalue weighted by Crippen LogP contribution is 2.29. The van der Waals surface area contributed by atoms with E-state index < -0.39 is 5.97 Å². The number of nitriles is 1. The third kappa shape index (κ3) is 4.43. The summed E-state index contributed by atoms with van der Waals surface area (Å²) < 4.78 is 7.10. The molecule has 0 radical (unpaired) electrons. The fraction of sp³-hybridized carbons (Fsp3) is 0.250. The lowest BCUT2D eigenvalue weighted by Crippen LogP contribution is -2.10. The van der Waals surface area contributed by atoms with Gasteiger partial charge in [-0.25, -0.2) is 9.78 Å². The number of aliphatic hydroxyl groups is 1. The molecular formula is C28H27N3O3. The van der Waals surface area contributed by atoms with Crippen molar-refractivity contribution in [3.63, 3.8) is 0 Å². The topological polar surface area (TPSA) is 88.1 Å². The minimum atomic E-state index is -0.395. The SMILES string of the molecule is CCCCc1nc2cccc(C(=O)OC)c2n1Cc1ccc(-c2ccccc2C#N)c(CO)c1. The minimum absolute atomic E-state index is 0.149. The van der Waals surface area contributed by atoms with Crippen molar-refractivity contribution in [2.24, 2.45) is 0 Å². The van der Waals surface area contributed by atoms with Crippen molar-refractivity contribution in [3.8, 4) is 17.2 Å². The summed E-state index contributed by atoms with van der Waals surface area (Å²) in [6.45, 7) is 2.48. The van der Waals surface area contributed by atoms with Crippen LogP contribution in [0.4, 0.5) is 0 Å². The molecule has 6 nitrogen and oxygen atoms in total. The van der Waals surface area contributed by atoms with Crippen LogP contribution in [-0.2, 0) is 24.3 Å². The number of para-hydroxylation sites is 1. The molecule has 1 aromatic heterocycles. The van der Waals surface area contributed by atoms with Crippen LogP contribution in [0.15, 0.2) is 60.7 Å². The van der Waals surface area contributed by atoms with Crippen LogP contribution in [0.3, 0.4) is 0 Å². The predicted octanol–water partition coefficient (Wildman–Crippen LogP) is 5.24. The second kappa shape index (κ2) is 10.3. The Kier molecular flexibility index (Phi) is 7.05. The lowest BCUT2D eigenvalue weighted by Gasteiger charge is -2.15. The Balaban J connectivity index is 1.82. The van der Waals surface area contributed by atoms with E-state index >= 15 is 0 Å². The zero-order valence-electron chi connectivity index (χ0n) is 19.4. The highest BCUT2D eigenvalue weighted by atomic mass is 16.5. The summed E-state index contributed by atoms with van der Waals surface area (Å²) in [6, 6.07) is 21.0. The summed E-state index contributed by atoms with van der Waals surface area (Å²) in [6.07, 6.45) is 2.82. The number of aromatic nitrogens is 2. The first kappa shape index (κ1) is 23.2. The molecule has 34 heavy (non-hydrogen) atoms. The van der Waals surface area contributed by atoms with Crippen LogP contribution in [0.1, 0.15) is 52.6 Å². The van der Waals surface area contributed by atoms with Gasteiger partial charge in [0, 0.05) is 13.0 Å². The van der Waals surface area contributed by atoms with Gasteiger partial charge in [-0.1, -0.05) is 55.8 Å². The highest BCUT2D eigenvalue weighted by Gasteiger charge is 2.19. The second-order valence-electron chi connectivity index (χ2n) is 8.19. The molecule has 0 unspecified atom stereocenters. The van der Waals surface area contributed by atoms with E-state index in [1.807, 2.05) is 48.5 Å². The average Bonchev–Trinajstić information content (AvgIpc) is 3.23. The number of benzene rings is 3. The van der Waals surface area contributed by atoms with E-state index in [4.69, 9.17) is 9.72 Å². The van der Waals surface area contributed by atoms with Gasteiger partial charge < -0.3 is 14.4 Å². The number of rotatable bonds is 8. The summed E-state index contributed by atoms with van der Waals surface area (Å²) in [5.74, 6) is 0.519. The van der Waals surface area contributed by atoms with Crippen molar-refractivity contribution < 1.29 is 14.6 Å². The Bertz CT molecular complexity index is 1380. The van der Waals surface area contributed by atoms with E-state index in [2.05, 4.69) is 17.6 Å². The molecule has 4 rings (SSSR count). The smallest absolute Gasteiger partial charge is 0.340 e. The van der Waals surface area contributed by atoms with Crippen molar-refractivity contribution in [2.45, 2.75) is 39.3 Å². The van der Waals surface area contributed by atoms with Crippen molar-refractivity contribution in [2.75, 3.05) is 7.11 Å². The summed E-state index contributed by atoms with van der Waals surface area (Å²) >= 11 is 0. The van der Waals surface area contributed by atoms with Crippen molar-refractivity contribution in [1.29, 1.82) is 5.26 Å². The maximum atomic E-state index is 12.5. The van der Waals surface area contributed by atoms with Gasteiger partial charge in [0.2, 0.25) is 0 Å². The molecule has 1 N–H and O–H groups in total. The first-order chi connectivity index (χ1) is 16.6. The molecule has 0 aliphatic heterocycles. The number of methoxy groups -OCH3 is 1. The molecule has 0 atom stereocenters. The van der Waals surface area contributed by atoms with Crippen LogP contribution < -0.4 is 0 Å². The second-order valence-corrected chi connectivity index (χ2v) is 8.19. The number of hydrogen-bond donors (Lipinski definition) is 1. The lowest BCUT2D eigenvalue weighted by molar-refractivity contribution is 0.0602. The molecule has 0 fully saturated rings. The molecule has 6 heteroatoms. The standard InChI is InChI=1S/C28H27N3O3/c1-3-4-12-26-30-25-11-7-10-24(28(33)34-2)27(25)31(26)17-19-13-14-23(21(15-19)18-32)22-9-6-5-8-20(22)16-29/h5-11,13-15,32H,3-4,12,17-18H2,1-2H3. The van der Waals surface area contributed by atoms with E-state index in [9.17, 15) is 15.2 Å². The van der Waals surface area contributed by atoms with E-state index in [1.165, 1.54) is 7.11 Å². The molecule has 0 aliphatic rings. The van der Waals surface area contributed by atoms with Crippen LogP contribution in [0.25, 0.3) is 22.2 Å². The largest absolute Gasteiger partial charge is 0.465 e. The third-order valence-corrected chi connectivity index (χ3v) is 6.02. The van der Waals surface area contributed by atoms with Gasteiger partial charge in [-0.2, -0.15) is 5.26 Å². The van der Waals surface area contributed by atoms with Crippen molar-refractivity contribution in [1.82, 2.24) is 9.55 Å². The summed E-state index contributed by atoms with van der Waals surface area (Å²) in [4.78, 5) is 17.3. The van der Waals surface area contributed by atoms with Gasteiger partial charge in [-0.3, -0.25) is 0 Å². The normalized spacial score (nSPS) is 10.9. The van der Waals surface area contributed by atoms with E-state index in [-0.39, 0.29) is 6.61 Å². The molecule has 0 aliphatic carbocycles. The van der Waals surface area contributed by atoms with Gasteiger partial charge in [0.1, 0.15) is 5.82 Å². The van der Waals surface area contributed by atoms with Crippen LogP contribution in [0.2, 0.25) is 0 Å². The molecule has 4 aromatic rings. The maximum absolute atomic E-state index is 12.5. The molecule has 0 saturated heterocycles.